The van der Waals surface area contributed by atoms with Crippen LogP contribution in [-0.4, -0.2) is 39.1 Å². The van der Waals surface area contributed by atoms with Crippen molar-refractivity contribution >= 4 is 22.9 Å². The maximum Gasteiger partial charge on any atom is 0.160 e. The molecule has 2 saturated heterocycles. The van der Waals surface area contributed by atoms with Crippen molar-refractivity contribution in [2.24, 2.45) is 5.92 Å². The molecule has 4 heterocycles. The smallest absolute Gasteiger partial charge is 0.160 e. The molecular formula is C17H24N4S. The third kappa shape index (κ3) is 2.88. The van der Waals surface area contributed by atoms with Crippen LogP contribution in [-0.2, 0) is 6.54 Å². The molecule has 0 aliphatic carbocycles. The van der Waals surface area contributed by atoms with Crippen LogP contribution in [0.1, 0.15) is 37.4 Å². The Kier molecular flexibility index (Phi) is 4.35. The monoisotopic (exact) mass is 316 g/mol. The summed E-state index contributed by atoms with van der Waals surface area (Å²) in [7, 11) is 0. The van der Waals surface area contributed by atoms with E-state index in [9.17, 15) is 0 Å². The Morgan fingerprint density at radius 1 is 1.27 bits per heavy atom. The van der Waals surface area contributed by atoms with E-state index in [4.69, 9.17) is 4.98 Å². The van der Waals surface area contributed by atoms with Crippen molar-refractivity contribution in [1.82, 2.24) is 19.9 Å². The first-order valence-electron chi connectivity index (χ1n) is 8.51. The molecule has 0 aromatic carbocycles. The number of fused-ring (bicyclic) bond motifs is 1. The van der Waals surface area contributed by atoms with Gasteiger partial charge < -0.3 is 9.88 Å². The van der Waals surface area contributed by atoms with Crippen LogP contribution in [0, 0.1) is 5.92 Å². The van der Waals surface area contributed by atoms with Crippen molar-refractivity contribution in [1.29, 1.82) is 0 Å². The number of imidazole rings is 1. The molecule has 2 aromatic heterocycles. The number of nitrogens with one attached hydrogen (secondary N) is 1. The van der Waals surface area contributed by atoms with Gasteiger partial charge in [-0.25, -0.2) is 9.97 Å². The van der Waals surface area contributed by atoms with Crippen molar-refractivity contribution in [2.75, 3.05) is 24.6 Å². The summed E-state index contributed by atoms with van der Waals surface area (Å²) in [5.41, 5.74) is 2.15. The van der Waals surface area contributed by atoms with Crippen LogP contribution in [0.4, 0.5) is 0 Å². The van der Waals surface area contributed by atoms with Crippen LogP contribution >= 0.6 is 11.8 Å². The number of thioether (sulfide) groups is 1. The lowest BCUT2D eigenvalue weighted by molar-refractivity contribution is 0.333. The standard InChI is InChI=1S/C17H24N4S/c1-3-13(11-18-7-1)12-21-16(14-5-9-22-10-6-14)20-15-4-2-8-19-17(15)21/h2,4,8,13-14,18H,1,3,5-7,9-12H2. The van der Waals surface area contributed by atoms with Gasteiger partial charge in [-0.3, -0.25) is 0 Å². The molecule has 0 radical (unpaired) electrons. The van der Waals surface area contributed by atoms with Crippen molar-refractivity contribution in [3.05, 3.63) is 24.2 Å². The predicted octanol–water partition coefficient (Wildman–Crippen LogP) is 3.04. The lowest BCUT2D eigenvalue weighted by atomic mass is 9.98. The summed E-state index contributed by atoms with van der Waals surface area (Å²) in [6, 6.07) is 4.11. The average molecular weight is 316 g/mol. The summed E-state index contributed by atoms with van der Waals surface area (Å²) in [5, 5.41) is 3.54. The lowest BCUT2D eigenvalue weighted by Gasteiger charge is -2.26. The van der Waals surface area contributed by atoms with Crippen LogP contribution in [0.5, 0.6) is 0 Å². The first-order valence-corrected chi connectivity index (χ1v) is 9.67. The van der Waals surface area contributed by atoms with Gasteiger partial charge in [0.2, 0.25) is 0 Å². The Bertz CT molecular complexity index is 627. The van der Waals surface area contributed by atoms with Gasteiger partial charge in [-0.2, -0.15) is 11.8 Å². The van der Waals surface area contributed by atoms with Crippen molar-refractivity contribution < 1.29 is 0 Å². The van der Waals surface area contributed by atoms with Crippen LogP contribution in [0.25, 0.3) is 11.2 Å². The average Bonchev–Trinajstić information content (AvgIpc) is 2.95. The minimum Gasteiger partial charge on any atom is -0.316 e. The Morgan fingerprint density at radius 3 is 3.00 bits per heavy atom. The number of piperidine rings is 1. The highest BCUT2D eigenvalue weighted by molar-refractivity contribution is 7.99. The molecule has 2 aromatic rings. The van der Waals surface area contributed by atoms with Crippen molar-refractivity contribution in [3.63, 3.8) is 0 Å². The topological polar surface area (TPSA) is 42.7 Å². The minimum atomic E-state index is 0.618. The molecule has 2 fully saturated rings. The van der Waals surface area contributed by atoms with Crippen LogP contribution < -0.4 is 5.32 Å². The van der Waals surface area contributed by atoms with Gasteiger partial charge in [0.1, 0.15) is 11.3 Å². The number of pyridine rings is 1. The largest absolute Gasteiger partial charge is 0.316 e. The Morgan fingerprint density at radius 2 is 2.18 bits per heavy atom. The molecule has 4 rings (SSSR count). The number of aromatic nitrogens is 3. The third-order valence-corrected chi connectivity index (χ3v) is 6.01. The first-order chi connectivity index (χ1) is 10.9. The second kappa shape index (κ2) is 6.59. The van der Waals surface area contributed by atoms with E-state index >= 15 is 0 Å². The maximum absolute atomic E-state index is 4.97. The molecule has 118 valence electrons. The van der Waals surface area contributed by atoms with E-state index in [-0.39, 0.29) is 0 Å². The summed E-state index contributed by atoms with van der Waals surface area (Å²) >= 11 is 2.08. The molecule has 1 N–H and O–H groups in total. The lowest BCUT2D eigenvalue weighted by Crippen LogP contribution is -2.32. The van der Waals surface area contributed by atoms with E-state index in [1.165, 1.54) is 49.6 Å². The molecule has 0 amide bonds. The quantitative estimate of drug-likeness (QED) is 0.945. The summed E-state index contributed by atoms with van der Waals surface area (Å²) in [5.74, 6) is 5.16. The Balaban J connectivity index is 1.69. The number of rotatable bonds is 3. The molecule has 1 atom stereocenters. The summed E-state index contributed by atoms with van der Waals surface area (Å²) in [6.07, 6.45) is 7.04. The third-order valence-electron chi connectivity index (χ3n) is 4.96. The van der Waals surface area contributed by atoms with Gasteiger partial charge in [0.25, 0.3) is 0 Å². The van der Waals surface area contributed by atoms with Gasteiger partial charge in [-0.05, 0) is 68.3 Å². The van der Waals surface area contributed by atoms with Crippen LogP contribution in [0.2, 0.25) is 0 Å². The predicted molar refractivity (Wildman–Crippen MR) is 92.4 cm³/mol. The molecule has 0 spiro atoms. The molecule has 1 unspecified atom stereocenters. The van der Waals surface area contributed by atoms with Gasteiger partial charge in [0.15, 0.2) is 5.65 Å². The molecule has 2 aliphatic heterocycles. The maximum atomic E-state index is 4.97. The van der Waals surface area contributed by atoms with Gasteiger partial charge in [-0.15, -0.1) is 0 Å². The molecule has 0 bridgehead atoms. The SMILES string of the molecule is c1cnc2c(c1)nc(C1CCSCC1)n2CC1CCCNC1. The highest BCUT2D eigenvalue weighted by atomic mass is 32.2. The van der Waals surface area contributed by atoms with E-state index in [1.807, 2.05) is 12.3 Å². The minimum absolute atomic E-state index is 0.618. The number of hydrogen-bond donors (Lipinski definition) is 1. The summed E-state index contributed by atoms with van der Waals surface area (Å²) < 4.78 is 2.44. The first kappa shape index (κ1) is 14.5. The van der Waals surface area contributed by atoms with Gasteiger partial charge in [0, 0.05) is 18.7 Å². The Hall–Kier alpha value is -1.07. The zero-order valence-corrected chi connectivity index (χ0v) is 13.8. The fraction of sp³-hybridized carbons (Fsp3) is 0.647. The van der Waals surface area contributed by atoms with Gasteiger partial charge in [-0.1, -0.05) is 0 Å². The molecule has 22 heavy (non-hydrogen) atoms. The van der Waals surface area contributed by atoms with E-state index in [0.717, 1.165) is 24.3 Å². The highest BCUT2D eigenvalue weighted by Gasteiger charge is 2.25. The van der Waals surface area contributed by atoms with Gasteiger partial charge in [0.05, 0.1) is 0 Å². The zero-order valence-electron chi connectivity index (χ0n) is 13.0. The molecule has 0 saturated carbocycles. The normalized spacial score (nSPS) is 23.9. The fourth-order valence-corrected chi connectivity index (χ4v) is 4.87. The van der Waals surface area contributed by atoms with E-state index in [2.05, 4.69) is 32.7 Å². The Labute approximate surface area is 136 Å². The molecule has 5 heteroatoms. The molecule has 2 aliphatic rings. The zero-order chi connectivity index (χ0) is 14.8. The van der Waals surface area contributed by atoms with E-state index in [1.54, 1.807) is 0 Å². The fourth-order valence-electron chi connectivity index (χ4n) is 3.76. The van der Waals surface area contributed by atoms with Crippen LogP contribution in [0.3, 0.4) is 0 Å². The molecule has 4 nitrogen and oxygen atoms in total. The summed E-state index contributed by atoms with van der Waals surface area (Å²) in [6.45, 7) is 3.37. The number of nitrogens with zero attached hydrogens (tertiary/aromatic N) is 3. The van der Waals surface area contributed by atoms with E-state index < -0.39 is 0 Å². The van der Waals surface area contributed by atoms with Gasteiger partial charge >= 0.3 is 0 Å². The second-order valence-corrected chi connectivity index (χ2v) is 7.75. The number of hydrogen-bond acceptors (Lipinski definition) is 4. The highest BCUT2D eigenvalue weighted by Crippen LogP contribution is 2.33. The summed E-state index contributed by atoms with van der Waals surface area (Å²) in [4.78, 5) is 9.61. The van der Waals surface area contributed by atoms with Crippen LogP contribution in [0.15, 0.2) is 18.3 Å². The van der Waals surface area contributed by atoms with E-state index in [0.29, 0.717) is 11.8 Å². The second-order valence-electron chi connectivity index (χ2n) is 6.53. The van der Waals surface area contributed by atoms with Crippen molar-refractivity contribution in [3.8, 4) is 0 Å². The van der Waals surface area contributed by atoms with Crippen molar-refractivity contribution in [2.45, 2.75) is 38.1 Å². The molecular weight excluding hydrogens is 292 g/mol.